The predicted octanol–water partition coefficient (Wildman–Crippen LogP) is 2.22. The van der Waals surface area contributed by atoms with Gasteiger partial charge in [-0.25, -0.2) is 0 Å². The lowest BCUT2D eigenvalue weighted by molar-refractivity contribution is 2.12. The first-order chi connectivity index (χ1) is 2.27. The predicted molar refractivity (Wildman–Crippen MR) is 31.7 cm³/mol. The van der Waals surface area contributed by atoms with Crippen LogP contribution in [0, 0.1) is 0 Å². The van der Waals surface area contributed by atoms with Gasteiger partial charge in [-0.05, 0) is 28.6 Å². The van der Waals surface area contributed by atoms with Crippen LogP contribution in [0.4, 0.5) is 0 Å². The SMILES string of the molecule is CC(=S)SCl. The molecule has 0 N–H and O–H groups in total. The van der Waals surface area contributed by atoms with E-state index in [2.05, 4.69) is 12.2 Å². The van der Waals surface area contributed by atoms with Gasteiger partial charge >= 0.3 is 0 Å². The van der Waals surface area contributed by atoms with Crippen molar-refractivity contribution in [3.63, 3.8) is 0 Å². The molecule has 0 radical (unpaired) electrons. The van der Waals surface area contributed by atoms with Crippen LogP contribution in [0.3, 0.4) is 0 Å². The Labute approximate surface area is 45.4 Å². The van der Waals surface area contributed by atoms with Crippen LogP contribution in [0.1, 0.15) is 6.92 Å². The molecular weight excluding hydrogens is 124 g/mol. The van der Waals surface area contributed by atoms with Crippen LogP contribution >= 0.6 is 33.9 Å². The number of halogens is 1. The minimum Gasteiger partial charge on any atom is -0.0764 e. The van der Waals surface area contributed by atoms with Crippen LogP contribution in [0.15, 0.2) is 0 Å². The molecule has 0 aromatic heterocycles. The Morgan fingerprint density at radius 3 is 2.20 bits per heavy atom. The maximum absolute atomic E-state index is 5.11. The van der Waals surface area contributed by atoms with Gasteiger partial charge in [-0.1, -0.05) is 12.2 Å². The molecule has 0 nitrogen and oxygen atoms in total. The van der Waals surface area contributed by atoms with Crippen molar-refractivity contribution in [2.75, 3.05) is 0 Å². The van der Waals surface area contributed by atoms with Crippen molar-refractivity contribution in [3.8, 4) is 0 Å². The average molecular weight is 127 g/mol. The second kappa shape index (κ2) is 2.94. The summed E-state index contributed by atoms with van der Waals surface area (Å²) in [5.74, 6) is 0. The second-order valence-corrected chi connectivity index (χ2v) is 2.67. The topological polar surface area (TPSA) is 0 Å². The van der Waals surface area contributed by atoms with Gasteiger partial charge in [0.2, 0.25) is 0 Å². The average Bonchev–Trinajstić information content (AvgIpc) is 1.38. The molecule has 0 saturated carbocycles. The highest BCUT2D eigenvalue weighted by atomic mass is 35.7. The molecular formula is C2H3ClS2. The molecule has 0 aromatic carbocycles. The summed E-state index contributed by atoms with van der Waals surface area (Å²) in [7, 11) is 6.20. The van der Waals surface area contributed by atoms with E-state index in [4.69, 9.17) is 10.7 Å². The highest BCUT2D eigenvalue weighted by Crippen LogP contribution is 2.06. The van der Waals surface area contributed by atoms with E-state index in [1.807, 2.05) is 0 Å². The van der Waals surface area contributed by atoms with Crippen LogP contribution in [-0.2, 0) is 0 Å². The van der Waals surface area contributed by atoms with E-state index in [0.29, 0.717) is 0 Å². The monoisotopic (exact) mass is 126 g/mol. The zero-order chi connectivity index (χ0) is 4.28. The number of hydrogen-bond acceptors (Lipinski definition) is 2. The van der Waals surface area contributed by atoms with Gasteiger partial charge in [0.05, 0.1) is 4.20 Å². The maximum atomic E-state index is 5.11. The maximum Gasteiger partial charge on any atom is 0.0606 e. The van der Waals surface area contributed by atoms with Gasteiger partial charge in [-0.2, -0.15) is 0 Å². The zero-order valence-corrected chi connectivity index (χ0v) is 5.08. The Morgan fingerprint density at radius 2 is 2.20 bits per heavy atom. The van der Waals surface area contributed by atoms with E-state index < -0.39 is 0 Å². The third-order valence-electron chi connectivity index (χ3n) is 0.109. The van der Waals surface area contributed by atoms with Gasteiger partial charge in [0, 0.05) is 0 Å². The minimum absolute atomic E-state index is 0.770. The van der Waals surface area contributed by atoms with Crippen molar-refractivity contribution in [1.82, 2.24) is 0 Å². The summed E-state index contributed by atoms with van der Waals surface area (Å²) in [6.45, 7) is 1.78. The van der Waals surface area contributed by atoms with Crippen LogP contribution in [0.5, 0.6) is 0 Å². The molecule has 0 aliphatic rings. The fraction of sp³-hybridized carbons (Fsp3) is 0.500. The molecule has 0 rings (SSSR count). The summed E-state index contributed by atoms with van der Waals surface area (Å²) in [6, 6.07) is 0. The van der Waals surface area contributed by atoms with Gasteiger partial charge in [-0.3, -0.25) is 0 Å². The summed E-state index contributed by atoms with van der Waals surface area (Å²) in [6.07, 6.45) is 0. The van der Waals surface area contributed by atoms with E-state index in [0.717, 1.165) is 15.2 Å². The van der Waals surface area contributed by atoms with Gasteiger partial charge in [-0.15, -0.1) is 0 Å². The van der Waals surface area contributed by atoms with Gasteiger partial charge < -0.3 is 0 Å². The van der Waals surface area contributed by atoms with Crippen LogP contribution in [0.2, 0.25) is 0 Å². The molecule has 0 heterocycles. The van der Waals surface area contributed by atoms with E-state index >= 15 is 0 Å². The minimum atomic E-state index is 0.770. The van der Waals surface area contributed by atoms with Crippen molar-refractivity contribution in [2.45, 2.75) is 6.92 Å². The van der Waals surface area contributed by atoms with E-state index in [9.17, 15) is 0 Å². The second-order valence-electron chi connectivity index (χ2n) is 0.569. The fourth-order valence-corrected chi connectivity index (χ4v) is 0. The Kier molecular flexibility index (Phi) is 3.37. The molecule has 5 heavy (non-hydrogen) atoms. The third-order valence-corrected chi connectivity index (χ3v) is 1.54. The molecule has 0 unspecified atom stereocenters. The van der Waals surface area contributed by atoms with Gasteiger partial charge in [0.15, 0.2) is 0 Å². The molecule has 0 saturated heterocycles. The molecule has 0 aliphatic carbocycles. The van der Waals surface area contributed by atoms with Crippen LogP contribution < -0.4 is 0 Å². The smallest absolute Gasteiger partial charge is 0.0606 e. The summed E-state index contributed by atoms with van der Waals surface area (Å²) < 4.78 is 0.770. The van der Waals surface area contributed by atoms with Crippen molar-refractivity contribution in [2.24, 2.45) is 0 Å². The molecule has 0 atom stereocenters. The molecule has 0 aliphatic heterocycles. The summed E-state index contributed by atoms with van der Waals surface area (Å²) in [4.78, 5) is 0. The number of thiocarbonyl (C=S) groups is 1. The number of rotatable bonds is 0. The summed E-state index contributed by atoms with van der Waals surface area (Å²) in [5.41, 5.74) is 0. The van der Waals surface area contributed by atoms with E-state index in [1.54, 1.807) is 6.92 Å². The molecule has 3 heteroatoms. The largest absolute Gasteiger partial charge is 0.0764 e. The lowest BCUT2D eigenvalue weighted by Gasteiger charge is -1.72. The lowest BCUT2D eigenvalue weighted by atomic mass is 11.0. The first kappa shape index (κ1) is 5.73. The first-order valence-corrected chi connectivity index (χ1v) is 3.11. The molecule has 30 valence electrons. The number of hydrogen-bond donors (Lipinski definition) is 0. The van der Waals surface area contributed by atoms with Gasteiger partial charge in [0.1, 0.15) is 0 Å². The third kappa shape index (κ3) is 4.73. The highest BCUT2D eigenvalue weighted by molar-refractivity contribution is 8.38. The molecule has 0 aromatic rings. The fourth-order valence-electron chi connectivity index (χ4n) is 0. The summed E-state index contributed by atoms with van der Waals surface area (Å²) >= 11 is 4.53. The normalized spacial score (nSPS) is 7.60. The Bertz CT molecular complexity index is 42.9. The Morgan fingerprint density at radius 1 is 2.00 bits per heavy atom. The lowest BCUT2D eigenvalue weighted by Crippen LogP contribution is -1.61. The van der Waals surface area contributed by atoms with E-state index in [1.165, 1.54) is 0 Å². The van der Waals surface area contributed by atoms with Crippen molar-refractivity contribution < 1.29 is 0 Å². The highest BCUT2D eigenvalue weighted by Gasteiger charge is 1.74. The van der Waals surface area contributed by atoms with Gasteiger partial charge in [0.25, 0.3) is 0 Å². The molecule has 0 fully saturated rings. The molecule has 0 bridgehead atoms. The Balaban J connectivity index is 2.85. The molecule has 0 amide bonds. The molecule has 0 spiro atoms. The van der Waals surface area contributed by atoms with E-state index in [-0.39, 0.29) is 0 Å². The van der Waals surface area contributed by atoms with Crippen molar-refractivity contribution >= 4 is 38.1 Å². The Hall–Kier alpha value is 0.730. The zero-order valence-electron chi connectivity index (χ0n) is 2.69. The van der Waals surface area contributed by atoms with Crippen molar-refractivity contribution in [1.29, 1.82) is 0 Å². The van der Waals surface area contributed by atoms with Crippen LogP contribution in [-0.4, -0.2) is 4.20 Å². The summed E-state index contributed by atoms with van der Waals surface area (Å²) in [5, 5.41) is 0. The van der Waals surface area contributed by atoms with Crippen LogP contribution in [0.25, 0.3) is 0 Å². The standard InChI is InChI=1S/C2H3ClS2/c1-2(4)5-3/h1H3. The first-order valence-electron chi connectivity index (χ1n) is 1.06. The van der Waals surface area contributed by atoms with Crippen molar-refractivity contribution in [3.05, 3.63) is 0 Å². The quantitative estimate of drug-likeness (QED) is 0.457.